The first kappa shape index (κ1) is 13.4. The maximum Gasteiger partial charge on any atom is 0.257 e. The largest absolute Gasteiger partial charge is 0.378 e. The molecule has 1 saturated heterocycles. The highest BCUT2D eigenvalue weighted by Crippen LogP contribution is 2.36. The van der Waals surface area contributed by atoms with E-state index in [1.54, 1.807) is 0 Å². The molecule has 1 unspecified atom stereocenters. The van der Waals surface area contributed by atoms with Crippen molar-refractivity contribution in [2.45, 2.75) is 39.2 Å². The maximum atomic E-state index is 11.5. The quantitative estimate of drug-likeness (QED) is 0.828. The monoisotopic (exact) mass is 274 g/mol. The zero-order valence-electron chi connectivity index (χ0n) is 12.1. The van der Waals surface area contributed by atoms with Gasteiger partial charge in [0.2, 0.25) is 0 Å². The van der Waals surface area contributed by atoms with E-state index in [0.29, 0.717) is 11.0 Å². The molecule has 0 bridgehead atoms. The second-order valence-electron chi connectivity index (χ2n) is 6.67. The molecule has 2 heterocycles. The maximum absolute atomic E-state index is 11.5. The van der Waals surface area contributed by atoms with Crippen molar-refractivity contribution in [3.8, 4) is 0 Å². The molecule has 3 rings (SSSR count). The number of hydrogen-bond donors (Lipinski definition) is 2. The van der Waals surface area contributed by atoms with Crippen molar-refractivity contribution in [2.24, 2.45) is 5.41 Å². The molecular weight excluding hydrogens is 252 g/mol. The number of aliphatic hydroxyl groups excluding tert-OH is 1. The van der Waals surface area contributed by atoms with Crippen LogP contribution in [0.1, 0.15) is 44.8 Å². The number of carbonyl (C=O) groups is 1. The van der Waals surface area contributed by atoms with Gasteiger partial charge in [0.1, 0.15) is 0 Å². The SMILES string of the molecule is CC1(C)CCCN(c2ccc3c(c2)NC(=O)C3O)CC1. The van der Waals surface area contributed by atoms with Crippen LogP contribution in [0.15, 0.2) is 18.2 Å². The van der Waals surface area contributed by atoms with Crippen molar-refractivity contribution in [3.05, 3.63) is 23.8 Å². The fourth-order valence-electron chi connectivity index (χ4n) is 3.11. The normalized spacial score (nSPS) is 25.1. The zero-order chi connectivity index (χ0) is 14.3. The van der Waals surface area contributed by atoms with Crippen LogP contribution in [0.4, 0.5) is 11.4 Å². The van der Waals surface area contributed by atoms with E-state index in [0.717, 1.165) is 24.5 Å². The molecule has 2 aliphatic heterocycles. The Balaban J connectivity index is 1.82. The highest BCUT2D eigenvalue weighted by atomic mass is 16.3. The highest BCUT2D eigenvalue weighted by molar-refractivity contribution is 6.02. The van der Waals surface area contributed by atoms with Crippen molar-refractivity contribution in [3.63, 3.8) is 0 Å². The molecule has 4 nitrogen and oxygen atoms in total. The molecule has 0 spiro atoms. The number of benzene rings is 1. The van der Waals surface area contributed by atoms with Crippen molar-refractivity contribution >= 4 is 17.3 Å². The number of hydrogen-bond acceptors (Lipinski definition) is 3. The number of anilines is 2. The predicted octanol–water partition coefficient (Wildman–Crippen LogP) is 2.69. The minimum absolute atomic E-state index is 0.325. The summed E-state index contributed by atoms with van der Waals surface area (Å²) in [5.74, 6) is -0.325. The van der Waals surface area contributed by atoms with Gasteiger partial charge in [-0.15, -0.1) is 0 Å². The second kappa shape index (κ2) is 4.77. The van der Waals surface area contributed by atoms with E-state index in [9.17, 15) is 9.90 Å². The van der Waals surface area contributed by atoms with Gasteiger partial charge in [0, 0.05) is 30.0 Å². The molecule has 1 amide bonds. The average molecular weight is 274 g/mol. The number of aliphatic hydroxyl groups is 1. The summed E-state index contributed by atoms with van der Waals surface area (Å²) in [6, 6.07) is 5.87. The van der Waals surface area contributed by atoms with Gasteiger partial charge in [-0.2, -0.15) is 0 Å². The number of fused-ring (bicyclic) bond motifs is 1. The summed E-state index contributed by atoms with van der Waals surface area (Å²) >= 11 is 0. The molecule has 1 aromatic rings. The first-order valence-corrected chi connectivity index (χ1v) is 7.34. The van der Waals surface area contributed by atoms with Crippen LogP contribution in [0.5, 0.6) is 0 Å². The lowest BCUT2D eigenvalue weighted by Gasteiger charge is -2.25. The Morgan fingerprint density at radius 1 is 1.30 bits per heavy atom. The smallest absolute Gasteiger partial charge is 0.257 e. The molecule has 1 fully saturated rings. The lowest BCUT2D eigenvalue weighted by atomic mass is 9.85. The Kier molecular flexibility index (Phi) is 3.21. The third kappa shape index (κ3) is 2.40. The fourth-order valence-corrected chi connectivity index (χ4v) is 3.11. The summed E-state index contributed by atoms with van der Waals surface area (Å²) in [5, 5.41) is 12.5. The molecule has 0 aliphatic carbocycles. The van der Waals surface area contributed by atoms with Gasteiger partial charge < -0.3 is 15.3 Å². The predicted molar refractivity (Wildman–Crippen MR) is 79.9 cm³/mol. The van der Waals surface area contributed by atoms with E-state index >= 15 is 0 Å². The van der Waals surface area contributed by atoms with Crippen LogP contribution in [0, 0.1) is 5.41 Å². The van der Waals surface area contributed by atoms with E-state index in [-0.39, 0.29) is 5.91 Å². The Hall–Kier alpha value is -1.55. The van der Waals surface area contributed by atoms with Crippen LogP contribution in [-0.4, -0.2) is 24.1 Å². The summed E-state index contributed by atoms with van der Waals surface area (Å²) < 4.78 is 0. The third-order valence-corrected chi connectivity index (χ3v) is 4.54. The highest BCUT2D eigenvalue weighted by Gasteiger charge is 2.29. The van der Waals surface area contributed by atoms with Gasteiger partial charge in [0.05, 0.1) is 0 Å². The van der Waals surface area contributed by atoms with Crippen LogP contribution in [0.25, 0.3) is 0 Å². The zero-order valence-corrected chi connectivity index (χ0v) is 12.1. The van der Waals surface area contributed by atoms with Crippen LogP contribution in [0.3, 0.4) is 0 Å². The summed E-state index contributed by atoms with van der Waals surface area (Å²) in [6.07, 6.45) is 2.62. The lowest BCUT2D eigenvalue weighted by molar-refractivity contribution is -0.123. The van der Waals surface area contributed by atoms with E-state index in [4.69, 9.17) is 0 Å². The fraction of sp³-hybridized carbons (Fsp3) is 0.562. The van der Waals surface area contributed by atoms with Gasteiger partial charge in [-0.05, 0) is 36.8 Å². The summed E-state index contributed by atoms with van der Waals surface area (Å²) in [4.78, 5) is 13.9. The van der Waals surface area contributed by atoms with Gasteiger partial charge in [-0.25, -0.2) is 0 Å². The molecule has 0 radical (unpaired) electrons. The van der Waals surface area contributed by atoms with Crippen molar-refractivity contribution in [1.82, 2.24) is 0 Å². The summed E-state index contributed by atoms with van der Waals surface area (Å²) in [6.45, 7) is 6.76. The standard InChI is InChI=1S/C16H22N2O2/c1-16(2)6-3-8-18(9-7-16)11-4-5-12-13(10-11)17-15(20)14(12)19/h4-5,10,14,19H,3,6-9H2,1-2H3,(H,17,20). The number of rotatable bonds is 1. The summed E-state index contributed by atoms with van der Waals surface area (Å²) in [7, 11) is 0. The molecule has 108 valence electrons. The topological polar surface area (TPSA) is 52.6 Å². The molecule has 0 saturated carbocycles. The van der Waals surface area contributed by atoms with E-state index < -0.39 is 6.10 Å². The van der Waals surface area contributed by atoms with E-state index in [2.05, 4.69) is 24.1 Å². The Morgan fingerprint density at radius 2 is 2.10 bits per heavy atom. The van der Waals surface area contributed by atoms with Crippen LogP contribution in [-0.2, 0) is 4.79 Å². The number of nitrogens with zero attached hydrogens (tertiary/aromatic N) is 1. The van der Waals surface area contributed by atoms with Gasteiger partial charge in [-0.1, -0.05) is 19.9 Å². The molecule has 2 aliphatic rings. The van der Waals surface area contributed by atoms with Crippen molar-refractivity contribution < 1.29 is 9.90 Å². The molecular formula is C16H22N2O2. The van der Waals surface area contributed by atoms with Gasteiger partial charge in [0.15, 0.2) is 6.10 Å². The Morgan fingerprint density at radius 3 is 2.90 bits per heavy atom. The van der Waals surface area contributed by atoms with E-state index in [1.807, 2.05) is 18.2 Å². The van der Waals surface area contributed by atoms with Crippen molar-refractivity contribution in [1.29, 1.82) is 0 Å². The van der Waals surface area contributed by atoms with Gasteiger partial charge >= 0.3 is 0 Å². The molecule has 0 aromatic heterocycles. The Labute approximate surface area is 119 Å². The molecule has 1 aromatic carbocycles. The number of amides is 1. The lowest BCUT2D eigenvalue weighted by Crippen LogP contribution is -2.25. The molecule has 2 N–H and O–H groups in total. The first-order chi connectivity index (χ1) is 9.46. The van der Waals surface area contributed by atoms with Crippen LogP contribution >= 0.6 is 0 Å². The summed E-state index contributed by atoms with van der Waals surface area (Å²) in [5.41, 5.74) is 2.99. The number of nitrogens with one attached hydrogen (secondary N) is 1. The third-order valence-electron chi connectivity index (χ3n) is 4.54. The molecule has 4 heteroatoms. The van der Waals surface area contributed by atoms with Crippen LogP contribution in [0.2, 0.25) is 0 Å². The minimum Gasteiger partial charge on any atom is -0.378 e. The molecule has 20 heavy (non-hydrogen) atoms. The second-order valence-corrected chi connectivity index (χ2v) is 6.67. The number of carbonyl (C=O) groups excluding carboxylic acids is 1. The first-order valence-electron chi connectivity index (χ1n) is 7.34. The van der Waals surface area contributed by atoms with Gasteiger partial charge in [0.25, 0.3) is 5.91 Å². The van der Waals surface area contributed by atoms with Crippen molar-refractivity contribution in [2.75, 3.05) is 23.3 Å². The van der Waals surface area contributed by atoms with E-state index in [1.165, 1.54) is 19.3 Å². The minimum atomic E-state index is -1.01. The Bertz CT molecular complexity index is 539. The average Bonchev–Trinajstić information content (AvgIpc) is 2.57. The van der Waals surface area contributed by atoms with Crippen LogP contribution < -0.4 is 10.2 Å². The van der Waals surface area contributed by atoms with Gasteiger partial charge in [-0.3, -0.25) is 4.79 Å². The molecule has 1 atom stereocenters.